The number of rotatable bonds is 14. The predicted molar refractivity (Wildman–Crippen MR) is 118 cm³/mol. The Kier molecular flexibility index (Phi) is 10.5. The van der Waals surface area contributed by atoms with E-state index >= 15 is 0 Å². The SMILES string of the molecule is CCCCCCCCOc1ccc(-c2noc([C@@H](C)[C@@H](CO)CCC)n2)cc1C(F)(F)F. The molecule has 0 saturated carbocycles. The third-order valence-electron chi connectivity index (χ3n) is 5.73. The summed E-state index contributed by atoms with van der Waals surface area (Å²) in [4.78, 5) is 4.30. The molecule has 1 aromatic heterocycles. The van der Waals surface area contributed by atoms with Crippen molar-refractivity contribution >= 4 is 0 Å². The third-order valence-corrected chi connectivity index (χ3v) is 5.73. The molecule has 2 aromatic rings. The molecule has 0 fully saturated rings. The van der Waals surface area contributed by atoms with Gasteiger partial charge in [-0.2, -0.15) is 18.2 Å². The van der Waals surface area contributed by atoms with Crippen molar-refractivity contribution in [2.24, 2.45) is 5.92 Å². The van der Waals surface area contributed by atoms with Crippen LogP contribution in [-0.2, 0) is 6.18 Å². The summed E-state index contributed by atoms with van der Waals surface area (Å²) in [5, 5.41) is 13.5. The van der Waals surface area contributed by atoms with Gasteiger partial charge in [0.1, 0.15) is 5.75 Å². The number of hydrogen-bond donors (Lipinski definition) is 1. The second kappa shape index (κ2) is 12.8. The van der Waals surface area contributed by atoms with Crippen molar-refractivity contribution in [3.63, 3.8) is 0 Å². The van der Waals surface area contributed by atoms with Gasteiger partial charge in [-0.3, -0.25) is 0 Å². The number of unbranched alkanes of at least 4 members (excludes halogenated alkanes) is 5. The molecular weight excluding hydrogens is 421 g/mol. The highest BCUT2D eigenvalue weighted by Gasteiger charge is 2.35. The molecule has 0 saturated heterocycles. The zero-order valence-corrected chi connectivity index (χ0v) is 19.2. The monoisotopic (exact) mass is 456 g/mol. The van der Waals surface area contributed by atoms with E-state index in [9.17, 15) is 18.3 Å². The van der Waals surface area contributed by atoms with Gasteiger partial charge in [0, 0.05) is 18.1 Å². The molecule has 0 aliphatic carbocycles. The first-order valence-electron chi connectivity index (χ1n) is 11.6. The van der Waals surface area contributed by atoms with E-state index in [1.54, 1.807) is 0 Å². The number of nitrogens with zero attached hydrogens (tertiary/aromatic N) is 2. The normalized spacial score (nSPS) is 13.8. The molecule has 1 aromatic carbocycles. The Bertz CT molecular complexity index is 808. The van der Waals surface area contributed by atoms with Crippen LogP contribution in [0.5, 0.6) is 5.75 Å². The fraction of sp³-hybridized carbons (Fsp3) is 0.667. The van der Waals surface area contributed by atoms with Gasteiger partial charge in [-0.15, -0.1) is 0 Å². The fourth-order valence-corrected chi connectivity index (χ4v) is 3.69. The molecule has 2 rings (SSSR count). The second-order valence-electron chi connectivity index (χ2n) is 8.30. The highest BCUT2D eigenvalue weighted by Crippen LogP contribution is 2.39. The number of halogens is 3. The minimum atomic E-state index is -4.56. The molecule has 5 nitrogen and oxygen atoms in total. The van der Waals surface area contributed by atoms with Crippen LogP contribution in [0.2, 0.25) is 0 Å². The predicted octanol–water partition coefficient (Wildman–Crippen LogP) is 7.01. The number of ether oxygens (including phenoxy) is 1. The van der Waals surface area contributed by atoms with Crippen LogP contribution >= 0.6 is 0 Å². The molecule has 8 heteroatoms. The number of aromatic nitrogens is 2. The van der Waals surface area contributed by atoms with E-state index < -0.39 is 11.7 Å². The van der Waals surface area contributed by atoms with Crippen LogP contribution in [0.1, 0.15) is 89.5 Å². The van der Waals surface area contributed by atoms with Gasteiger partial charge < -0.3 is 14.4 Å². The lowest BCUT2D eigenvalue weighted by Gasteiger charge is -2.17. The van der Waals surface area contributed by atoms with Gasteiger partial charge in [-0.1, -0.05) is 64.5 Å². The van der Waals surface area contributed by atoms with E-state index in [-0.39, 0.29) is 42.2 Å². The first-order valence-corrected chi connectivity index (χ1v) is 11.6. The largest absolute Gasteiger partial charge is 0.493 e. The van der Waals surface area contributed by atoms with Gasteiger partial charge in [0.25, 0.3) is 0 Å². The molecule has 0 bridgehead atoms. The van der Waals surface area contributed by atoms with E-state index in [1.807, 2.05) is 13.8 Å². The lowest BCUT2D eigenvalue weighted by atomic mass is 9.90. The average molecular weight is 457 g/mol. The van der Waals surface area contributed by atoms with Crippen molar-refractivity contribution < 1.29 is 27.5 Å². The number of aliphatic hydroxyl groups excluding tert-OH is 1. The molecule has 2 atom stereocenters. The summed E-state index contributed by atoms with van der Waals surface area (Å²) in [5.74, 6) is -0.0207. The Balaban J connectivity index is 2.11. The van der Waals surface area contributed by atoms with E-state index in [2.05, 4.69) is 17.1 Å². The summed E-state index contributed by atoms with van der Waals surface area (Å²) in [7, 11) is 0. The molecule has 0 spiro atoms. The number of aliphatic hydroxyl groups is 1. The summed E-state index contributed by atoms with van der Waals surface area (Å²) >= 11 is 0. The van der Waals surface area contributed by atoms with Crippen LogP contribution in [0.25, 0.3) is 11.4 Å². The average Bonchev–Trinajstić information content (AvgIpc) is 3.26. The summed E-state index contributed by atoms with van der Waals surface area (Å²) in [6, 6.07) is 3.84. The molecule has 1 heterocycles. The van der Waals surface area contributed by atoms with Crippen LogP contribution in [-0.4, -0.2) is 28.5 Å². The maximum atomic E-state index is 13.7. The van der Waals surface area contributed by atoms with Crippen LogP contribution in [0.4, 0.5) is 13.2 Å². The minimum Gasteiger partial charge on any atom is -0.493 e. The molecule has 1 N–H and O–H groups in total. The highest BCUT2D eigenvalue weighted by atomic mass is 19.4. The van der Waals surface area contributed by atoms with Crippen molar-refractivity contribution in [2.45, 2.75) is 84.2 Å². The van der Waals surface area contributed by atoms with Gasteiger partial charge >= 0.3 is 6.18 Å². The van der Waals surface area contributed by atoms with E-state index in [0.717, 1.165) is 51.0 Å². The van der Waals surface area contributed by atoms with Crippen molar-refractivity contribution in [3.8, 4) is 17.1 Å². The Morgan fingerprint density at radius 1 is 1.06 bits per heavy atom. The Morgan fingerprint density at radius 2 is 1.78 bits per heavy atom. The van der Waals surface area contributed by atoms with Crippen molar-refractivity contribution in [1.29, 1.82) is 0 Å². The highest BCUT2D eigenvalue weighted by molar-refractivity contribution is 5.59. The molecule has 180 valence electrons. The standard InChI is InChI=1S/C24H35F3N2O3/c1-4-6-7-8-9-10-14-31-21-13-12-18(15-20(21)24(25,26)27)22-28-23(32-29-22)17(3)19(16-30)11-5-2/h12-13,15,17,19,30H,4-11,14,16H2,1-3H3/t17-,19+/m0/s1. The zero-order valence-electron chi connectivity index (χ0n) is 19.2. The number of alkyl halides is 3. The second-order valence-corrected chi connectivity index (χ2v) is 8.30. The lowest BCUT2D eigenvalue weighted by molar-refractivity contribution is -0.138. The van der Waals surface area contributed by atoms with Gasteiger partial charge in [0.05, 0.1) is 12.2 Å². The summed E-state index contributed by atoms with van der Waals surface area (Å²) in [6.45, 7) is 6.26. The molecule has 0 radical (unpaired) electrons. The molecule has 0 unspecified atom stereocenters. The van der Waals surface area contributed by atoms with Gasteiger partial charge in [0.15, 0.2) is 0 Å². The smallest absolute Gasteiger partial charge is 0.419 e. The Labute approximate surface area is 188 Å². The number of hydrogen-bond acceptors (Lipinski definition) is 5. The number of benzene rings is 1. The maximum absolute atomic E-state index is 13.7. The summed E-state index contributed by atoms with van der Waals surface area (Å²) in [6.07, 6.45) is 3.32. The lowest BCUT2D eigenvalue weighted by Crippen LogP contribution is -2.14. The van der Waals surface area contributed by atoms with Crippen LogP contribution in [0.15, 0.2) is 22.7 Å². The minimum absolute atomic E-state index is 0.0183. The van der Waals surface area contributed by atoms with Crippen LogP contribution in [0.3, 0.4) is 0 Å². The van der Waals surface area contributed by atoms with Crippen molar-refractivity contribution in [3.05, 3.63) is 29.7 Å². The van der Waals surface area contributed by atoms with Gasteiger partial charge in [0.2, 0.25) is 11.7 Å². The Morgan fingerprint density at radius 3 is 2.44 bits per heavy atom. The topological polar surface area (TPSA) is 68.4 Å². The van der Waals surface area contributed by atoms with E-state index in [1.165, 1.54) is 18.6 Å². The molecule has 32 heavy (non-hydrogen) atoms. The van der Waals surface area contributed by atoms with Crippen molar-refractivity contribution in [1.82, 2.24) is 10.1 Å². The Hall–Kier alpha value is -2.09. The molecular formula is C24H35F3N2O3. The van der Waals surface area contributed by atoms with Crippen LogP contribution < -0.4 is 4.74 Å². The van der Waals surface area contributed by atoms with E-state index in [0.29, 0.717) is 5.89 Å². The maximum Gasteiger partial charge on any atom is 0.419 e. The molecule has 0 aliphatic heterocycles. The summed E-state index contributed by atoms with van der Waals surface area (Å²) in [5.41, 5.74) is -0.637. The summed E-state index contributed by atoms with van der Waals surface area (Å²) < 4.78 is 51.7. The van der Waals surface area contributed by atoms with Gasteiger partial charge in [-0.25, -0.2) is 0 Å². The third kappa shape index (κ3) is 7.50. The fourth-order valence-electron chi connectivity index (χ4n) is 3.69. The van der Waals surface area contributed by atoms with Crippen LogP contribution in [0, 0.1) is 5.92 Å². The molecule has 0 amide bonds. The molecule has 0 aliphatic rings. The van der Waals surface area contributed by atoms with Crippen molar-refractivity contribution in [2.75, 3.05) is 13.2 Å². The first kappa shape index (κ1) is 26.2. The first-order chi connectivity index (χ1) is 15.3. The zero-order chi connectivity index (χ0) is 23.6. The van der Waals surface area contributed by atoms with Gasteiger partial charge in [-0.05, 0) is 37.0 Å². The van der Waals surface area contributed by atoms with E-state index in [4.69, 9.17) is 9.26 Å². The quantitative estimate of drug-likeness (QED) is 0.310.